The normalized spacial score (nSPS) is 11.1. The zero-order chi connectivity index (χ0) is 17.0. The van der Waals surface area contributed by atoms with Crippen LogP contribution in [0.25, 0.3) is 11.1 Å². The Morgan fingerprint density at radius 3 is 1.96 bits per heavy atom. The molecule has 1 N–H and O–H groups in total. The fraction of sp³-hybridized carbons (Fsp3) is 0.0526. The smallest absolute Gasteiger partial charge is 0.455 e. The van der Waals surface area contributed by atoms with E-state index in [1.807, 2.05) is 42.5 Å². The van der Waals surface area contributed by atoms with E-state index < -0.39 is 6.30 Å². The zero-order valence-electron chi connectivity index (χ0n) is 12.5. The molecule has 2 nitrogen and oxygen atoms in total. The monoisotopic (exact) mass is 329 g/mol. The summed E-state index contributed by atoms with van der Waals surface area (Å²) in [7, 11) is 0. The Morgan fingerprint density at radius 1 is 0.667 bits per heavy atom. The van der Waals surface area contributed by atoms with Crippen LogP contribution in [0.2, 0.25) is 0 Å². The molecule has 0 aliphatic carbocycles. The summed E-state index contributed by atoms with van der Waals surface area (Å²) in [6.45, 7) is 0. The molecule has 3 rings (SSSR count). The number of halogens is 3. The molecule has 0 unspecified atom stereocenters. The summed E-state index contributed by atoms with van der Waals surface area (Å²) >= 11 is 0. The molecule has 5 heteroatoms. The van der Waals surface area contributed by atoms with Gasteiger partial charge in [0.05, 0.1) is 5.69 Å². The van der Waals surface area contributed by atoms with Crippen LogP contribution in [-0.2, 0) is 0 Å². The molecular weight excluding hydrogens is 315 g/mol. The Bertz CT molecular complexity index is 816. The van der Waals surface area contributed by atoms with Crippen LogP contribution in [0.5, 0.6) is 11.5 Å². The fourth-order valence-corrected chi connectivity index (χ4v) is 2.34. The third-order valence-corrected chi connectivity index (χ3v) is 3.36. The van der Waals surface area contributed by atoms with Gasteiger partial charge >= 0.3 is 6.30 Å². The van der Waals surface area contributed by atoms with Crippen LogP contribution in [0, 0.1) is 0 Å². The van der Waals surface area contributed by atoms with Gasteiger partial charge in [-0.25, -0.2) is 0 Å². The highest BCUT2D eigenvalue weighted by molar-refractivity contribution is 5.71. The lowest BCUT2D eigenvalue weighted by Gasteiger charge is -2.16. The summed E-state index contributed by atoms with van der Waals surface area (Å²) in [5.74, 6) is 0.596. The molecule has 122 valence electrons. The van der Waals surface area contributed by atoms with Gasteiger partial charge in [-0.05, 0) is 23.8 Å². The molecule has 24 heavy (non-hydrogen) atoms. The molecule has 0 spiro atoms. The number of nitrogens with one attached hydrogen (secondary N) is 1. The van der Waals surface area contributed by atoms with Crippen molar-refractivity contribution in [1.29, 1.82) is 0 Å². The van der Waals surface area contributed by atoms with E-state index in [-0.39, 0.29) is 11.4 Å². The maximum Gasteiger partial charge on any atom is 0.482 e. The van der Waals surface area contributed by atoms with Gasteiger partial charge in [0.2, 0.25) is 0 Å². The Morgan fingerprint density at radius 2 is 1.25 bits per heavy atom. The van der Waals surface area contributed by atoms with E-state index in [0.29, 0.717) is 5.75 Å². The molecular formula is C19H14F3NO. The van der Waals surface area contributed by atoms with Crippen molar-refractivity contribution in [2.24, 2.45) is 0 Å². The molecule has 0 aliphatic heterocycles. The summed E-state index contributed by atoms with van der Waals surface area (Å²) < 4.78 is 43.7. The molecule has 0 fully saturated rings. The minimum absolute atomic E-state index is 0.109. The van der Waals surface area contributed by atoms with Gasteiger partial charge in [-0.1, -0.05) is 60.7 Å². The SMILES string of the molecule is FC(F)(F)Nc1ccccc1Oc1ccccc1-c1ccccc1. The largest absolute Gasteiger partial charge is 0.482 e. The van der Waals surface area contributed by atoms with Crippen LogP contribution >= 0.6 is 0 Å². The van der Waals surface area contributed by atoms with E-state index >= 15 is 0 Å². The number of ether oxygens (including phenoxy) is 1. The molecule has 0 saturated heterocycles. The molecule has 0 heterocycles. The Labute approximate surface area is 137 Å². The maximum absolute atomic E-state index is 12.6. The summed E-state index contributed by atoms with van der Waals surface area (Å²) in [5.41, 5.74) is 1.60. The predicted octanol–water partition coefficient (Wildman–Crippen LogP) is 6.08. The van der Waals surface area contributed by atoms with Crippen molar-refractivity contribution < 1.29 is 17.9 Å². The van der Waals surface area contributed by atoms with Crippen LogP contribution < -0.4 is 10.1 Å². The highest BCUT2D eigenvalue weighted by Gasteiger charge is 2.28. The number of rotatable bonds is 4. The number of hydrogen-bond acceptors (Lipinski definition) is 2. The van der Waals surface area contributed by atoms with Crippen molar-refractivity contribution >= 4 is 5.69 Å². The van der Waals surface area contributed by atoms with Crippen molar-refractivity contribution in [2.75, 3.05) is 5.32 Å². The Balaban J connectivity index is 1.96. The van der Waals surface area contributed by atoms with Gasteiger partial charge in [0.25, 0.3) is 0 Å². The van der Waals surface area contributed by atoms with Crippen LogP contribution in [0.4, 0.5) is 18.9 Å². The minimum atomic E-state index is -4.53. The lowest BCUT2D eigenvalue weighted by Crippen LogP contribution is -2.20. The van der Waals surface area contributed by atoms with Gasteiger partial charge in [0, 0.05) is 5.56 Å². The minimum Gasteiger partial charge on any atom is -0.455 e. The summed E-state index contributed by atoms with van der Waals surface area (Å²) in [6.07, 6.45) is -4.53. The van der Waals surface area contributed by atoms with Gasteiger partial charge in [0.15, 0.2) is 5.75 Å². The van der Waals surface area contributed by atoms with E-state index in [2.05, 4.69) is 0 Å². The number of para-hydroxylation sites is 3. The van der Waals surface area contributed by atoms with Crippen molar-refractivity contribution in [3.63, 3.8) is 0 Å². The standard InChI is InChI=1S/C19H14F3NO/c20-19(21,22)23-16-11-5-7-13-18(16)24-17-12-6-4-10-15(17)14-8-2-1-3-9-14/h1-13,23H. The Kier molecular flexibility index (Phi) is 4.42. The number of benzene rings is 3. The van der Waals surface area contributed by atoms with Crippen LogP contribution in [-0.4, -0.2) is 6.30 Å². The maximum atomic E-state index is 12.6. The third-order valence-electron chi connectivity index (χ3n) is 3.36. The number of hydrogen-bond donors (Lipinski definition) is 1. The molecule has 0 amide bonds. The second-order valence-electron chi connectivity index (χ2n) is 5.08. The molecule has 0 saturated carbocycles. The van der Waals surface area contributed by atoms with E-state index in [4.69, 9.17) is 4.74 Å². The fourth-order valence-electron chi connectivity index (χ4n) is 2.34. The van der Waals surface area contributed by atoms with Gasteiger partial charge in [-0.3, -0.25) is 5.32 Å². The molecule has 0 atom stereocenters. The predicted molar refractivity (Wildman–Crippen MR) is 88.1 cm³/mol. The van der Waals surface area contributed by atoms with E-state index in [9.17, 15) is 13.2 Å². The molecule has 3 aromatic rings. The van der Waals surface area contributed by atoms with E-state index in [1.54, 1.807) is 18.2 Å². The van der Waals surface area contributed by atoms with Gasteiger partial charge in [-0.15, -0.1) is 0 Å². The molecule has 0 bridgehead atoms. The average molecular weight is 329 g/mol. The van der Waals surface area contributed by atoms with Crippen molar-refractivity contribution in [3.8, 4) is 22.6 Å². The number of alkyl halides is 3. The first kappa shape index (κ1) is 15.9. The van der Waals surface area contributed by atoms with E-state index in [0.717, 1.165) is 11.1 Å². The first-order chi connectivity index (χ1) is 11.5. The van der Waals surface area contributed by atoms with Crippen LogP contribution in [0.1, 0.15) is 0 Å². The average Bonchev–Trinajstić information content (AvgIpc) is 2.57. The first-order valence-electron chi connectivity index (χ1n) is 7.29. The third kappa shape index (κ3) is 3.87. The molecule has 0 radical (unpaired) electrons. The second-order valence-corrected chi connectivity index (χ2v) is 5.08. The second kappa shape index (κ2) is 6.66. The Hall–Kier alpha value is -2.95. The lowest BCUT2D eigenvalue weighted by atomic mass is 10.0. The van der Waals surface area contributed by atoms with Crippen molar-refractivity contribution in [3.05, 3.63) is 78.9 Å². The van der Waals surface area contributed by atoms with Gasteiger partial charge in [0.1, 0.15) is 5.75 Å². The first-order valence-corrected chi connectivity index (χ1v) is 7.29. The van der Waals surface area contributed by atoms with Crippen molar-refractivity contribution in [2.45, 2.75) is 6.30 Å². The highest BCUT2D eigenvalue weighted by atomic mass is 19.4. The highest BCUT2D eigenvalue weighted by Crippen LogP contribution is 2.37. The summed E-state index contributed by atoms with van der Waals surface area (Å²) in [6, 6.07) is 22.7. The van der Waals surface area contributed by atoms with Crippen LogP contribution in [0.3, 0.4) is 0 Å². The summed E-state index contributed by atoms with van der Waals surface area (Å²) in [5, 5.41) is 1.50. The number of anilines is 1. The van der Waals surface area contributed by atoms with Gasteiger partial charge in [-0.2, -0.15) is 13.2 Å². The summed E-state index contributed by atoms with van der Waals surface area (Å²) in [4.78, 5) is 0. The molecule has 0 aliphatic rings. The van der Waals surface area contributed by atoms with E-state index in [1.165, 1.54) is 23.5 Å². The lowest BCUT2D eigenvalue weighted by molar-refractivity contribution is -0.100. The van der Waals surface area contributed by atoms with Crippen LogP contribution in [0.15, 0.2) is 78.9 Å². The van der Waals surface area contributed by atoms with Gasteiger partial charge < -0.3 is 4.74 Å². The quantitative estimate of drug-likeness (QED) is 0.586. The topological polar surface area (TPSA) is 21.3 Å². The molecule has 3 aromatic carbocycles. The van der Waals surface area contributed by atoms with Crippen molar-refractivity contribution in [1.82, 2.24) is 0 Å². The molecule has 0 aromatic heterocycles. The zero-order valence-corrected chi connectivity index (χ0v) is 12.5.